The van der Waals surface area contributed by atoms with Gasteiger partial charge in [0.1, 0.15) is 6.04 Å². The standard InChI is InChI=1S/C48H55N3O6S/c1-35-15-25-44(26-16-35)58(54,55)50-45(30-36-11-6-5-7-12-36)47(53)49-32-38-13-10-14-42(29-38)39-21-23-41(24-22-39)48-56-43(33-51-27-8-3-2-4-9-28-51)31-46(57-48)40-19-17-37(34-52)18-20-40/h5-7,10-26,29,43,45-46,48,50,52H,2-4,8-9,27-28,30-34H2,1H3,(H,49,53)/t43-,45-,46+,48+/m1/s1. The van der Waals surface area contributed by atoms with Crippen molar-refractivity contribution in [3.05, 3.63) is 161 Å². The summed E-state index contributed by atoms with van der Waals surface area (Å²) in [6.45, 7) is 5.20. The van der Waals surface area contributed by atoms with Crippen LogP contribution in [0.3, 0.4) is 0 Å². The molecule has 2 fully saturated rings. The second-order valence-corrected chi connectivity index (χ2v) is 17.3. The fourth-order valence-electron chi connectivity index (χ4n) is 7.83. The summed E-state index contributed by atoms with van der Waals surface area (Å²) in [6, 6.07) is 39.2. The van der Waals surface area contributed by atoms with Crippen LogP contribution in [0.15, 0.2) is 132 Å². The highest BCUT2D eigenvalue weighted by Crippen LogP contribution is 2.39. The summed E-state index contributed by atoms with van der Waals surface area (Å²) in [5.74, 6) is -0.408. The smallest absolute Gasteiger partial charge is 0.241 e. The number of amides is 1. The van der Waals surface area contributed by atoms with E-state index in [1.807, 2.05) is 73.7 Å². The minimum absolute atomic E-state index is 0.00707. The lowest BCUT2D eigenvalue weighted by atomic mass is 9.98. The molecule has 0 unspecified atom stereocenters. The minimum Gasteiger partial charge on any atom is -0.392 e. The number of sulfonamides is 1. The Morgan fingerprint density at radius 1 is 0.741 bits per heavy atom. The molecule has 9 nitrogen and oxygen atoms in total. The lowest BCUT2D eigenvalue weighted by molar-refractivity contribution is -0.253. The van der Waals surface area contributed by atoms with Crippen molar-refractivity contribution in [1.29, 1.82) is 0 Å². The van der Waals surface area contributed by atoms with Gasteiger partial charge in [0.15, 0.2) is 6.29 Å². The molecule has 0 spiro atoms. The molecule has 0 aliphatic carbocycles. The molecular weight excluding hydrogens is 747 g/mol. The molecule has 0 bridgehead atoms. The van der Waals surface area contributed by atoms with Crippen molar-refractivity contribution >= 4 is 15.9 Å². The maximum absolute atomic E-state index is 13.7. The van der Waals surface area contributed by atoms with E-state index >= 15 is 0 Å². The minimum atomic E-state index is -3.95. The molecular formula is C48H55N3O6S. The Balaban J connectivity index is 1.03. The van der Waals surface area contributed by atoms with Gasteiger partial charge in [-0.1, -0.05) is 134 Å². The first-order valence-electron chi connectivity index (χ1n) is 20.6. The number of nitrogens with zero attached hydrogens (tertiary/aromatic N) is 1. The summed E-state index contributed by atoms with van der Waals surface area (Å²) in [6.07, 6.45) is 6.64. The zero-order valence-corrected chi connectivity index (χ0v) is 34.1. The van der Waals surface area contributed by atoms with Gasteiger partial charge in [-0.25, -0.2) is 8.42 Å². The molecule has 0 saturated carbocycles. The zero-order chi connectivity index (χ0) is 40.3. The predicted octanol–water partition coefficient (Wildman–Crippen LogP) is 8.17. The molecule has 2 aliphatic heterocycles. The first kappa shape index (κ1) is 41.5. The quantitative estimate of drug-likeness (QED) is 0.104. The fourth-order valence-corrected chi connectivity index (χ4v) is 9.03. The molecule has 2 aliphatic rings. The maximum Gasteiger partial charge on any atom is 0.241 e. The number of aliphatic hydroxyl groups excluding tert-OH is 1. The van der Waals surface area contributed by atoms with E-state index in [4.69, 9.17) is 9.47 Å². The van der Waals surface area contributed by atoms with Crippen molar-refractivity contribution in [3.63, 3.8) is 0 Å². The van der Waals surface area contributed by atoms with E-state index in [1.165, 1.54) is 32.1 Å². The molecule has 10 heteroatoms. The second-order valence-electron chi connectivity index (χ2n) is 15.6. The van der Waals surface area contributed by atoms with Crippen molar-refractivity contribution < 1.29 is 27.8 Å². The van der Waals surface area contributed by atoms with Gasteiger partial charge in [0.05, 0.1) is 23.7 Å². The SMILES string of the molecule is Cc1ccc(S(=O)(=O)N[C@H](Cc2ccccc2)C(=O)NCc2cccc(-c3ccc([C@H]4O[C@@H](CN5CCCCCCC5)C[C@@H](c5ccc(CO)cc5)O4)cc3)c2)cc1. The van der Waals surface area contributed by atoms with Crippen LogP contribution in [0.2, 0.25) is 0 Å². The highest BCUT2D eigenvalue weighted by molar-refractivity contribution is 7.89. The molecule has 3 N–H and O–H groups in total. The van der Waals surface area contributed by atoms with Gasteiger partial charge in [-0.2, -0.15) is 4.72 Å². The van der Waals surface area contributed by atoms with Crippen LogP contribution < -0.4 is 10.0 Å². The lowest BCUT2D eigenvalue weighted by Crippen LogP contribution is -2.47. The first-order valence-corrected chi connectivity index (χ1v) is 22.0. The number of hydrogen-bond donors (Lipinski definition) is 3. The van der Waals surface area contributed by atoms with E-state index in [1.54, 1.807) is 24.3 Å². The summed E-state index contributed by atoms with van der Waals surface area (Å²) in [4.78, 5) is 16.3. The van der Waals surface area contributed by atoms with Crippen molar-refractivity contribution in [2.75, 3.05) is 19.6 Å². The highest BCUT2D eigenvalue weighted by atomic mass is 32.2. The van der Waals surface area contributed by atoms with E-state index < -0.39 is 28.3 Å². The Morgan fingerprint density at radius 2 is 1.41 bits per heavy atom. The summed E-state index contributed by atoms with van der Waals surface area (Å²) in [5, 5.41) is 12.6. The number of aryl methyl sites for hydroxylation is 1. The number of carbonyl (C=O) groups is 1. The number of hydrogen-bond acceptors (Lipinski definition) is 7. The highest BCUT2D eigenvalue weighted by Gasteiger charge is 2.33. The number of ether oxygens (including phenoxy) is 2. The molecule has 4 atom stereocenters. The summed E-state index contributed by atoms with van der Waals surface area (Å²) in [5.41, 5.74) is 7.57. The van der Waals surface area contributed by atoms with Gasteiger partial charge in [-0.15, -0.1) is 0 Å². The molecule has 2 heterocycles. The predicted molar refractivity (Wildman–Crippen MR) is 227 cm³/mol. The van der Waals surface area contributed by atoms with Crippen LogP contribution in [-0.2, 0) is 43.9 Å². The Labute approximate surface area is 343 Å². The normalized spacial score (nSPS) is 19.8. The number of aliphatic hydroxyl groups is 1. The molecule has 304 valence electrons. The van der Waals surface area contributed by atoms with Gasteiger partial charge >= 0.3 is 0 Å². The number of nitrogens with one attached hydrogen (secondary N) is 2. The van der Waals surface area contributed by atoms with E-state index in [0.29, 0.717) is 0 Å². The van der Waals surface area contributed by atoms with Crippen LogP contribution in [0.1, 0.15) is 84.3 Å². The number of likely N-dealkylation sites (tertiary alicyclic amines) is 1. The molecule has 5 aromatic carbocycles. The Morgan fingerprint density at radius 3 is 2.12 bits per heavy atom. The van der Waals surface area contributed by atoms with Gasteiger partial charge in [-0.3, -0.25) is 4.79 Å². The van der Waals surface area contributed by atoms with E-state index in [2.05, 4.69) is 51.3 Å². The Kier molecular flexibility index (Phi) is 14.2. The van der Waals surface area contributed by atoms with Crippen LogP contribution in [0.5, 0.6) is 0 Å². The van der Waals surface area contributed by atoms with Crippen molar-refractivity contribution in [2.24, 2.45) is 0 Å². The molecule has 0 aromatic heterocycles. The van der Waals surface area contributed by atoms with Gasteiger partial charge < -0.3 is 24.8 Å². The fraction of sp³-hybridized carbons (Fsp3) is 0.354. The third-order valence-electron chi connectivity index (χ3n) is 11.2. The summed E-state index contributed by atoms with van der Waals surface area (Å²) >= 11 is 0. The third kappa shape index (κ3) is 11.3. The third-order valence-corrected chi connectivity index (χ3v) is 12.7. The first-order chi connectivity index (χ1) is 28.2. The van der Waals surface area contributed by atoms with Gasteiger partial charge in [0.2, 0.25) is 15.9 Å². The monoisotopic (exact) mass is 801 g/mol. The topological polar surface area (TPSA) is 117 Å². The van der Waals surface area contributed by atoms with Gasteiger partial charge in [0.25, 0.3) is 0 Å². The van der Waals surface area contributed by atoms with E-state index in [-0.39, 0.29) is 36.7 Å². The average Bonchev–Trinajstić information content (AvgIpc) is 3.24. The zero-order valence-electron chi connectivity index (χ0n) is 33.3. The number of rotatable bonds is 14. The molecule has 2 saturated heterocycles. The number of carbonyl (C=O) groups excluding carboxylic acids is 1. The number of benzene rings is 5. The second kappa shape index (κ2) is 19.8. The summed E-state index contributed by atoms with van der Waals surface area (Å²) in [7, 11) is -3.95. The van der Waals surface area contributed by atoms with Crippen molar-refractivity contribution in [1.82, 2.24) is 14.9 Å². The van der Waals surface area contributed by atoms with Crippen LogP contribution in [0.25, 0.3) is 11.1 Å². The molecule has 0 radical (unpaired) electrons. The van der Waals surface area contributed by atoms with E-state index in [0.717, 1.165) is 70.6 Å². The van der Waals surface area contributed by atoms with Gasteiger partial charge in [-0.05, 0) is 90.9 Å². The largest absolute Gasteiger partial charge is 0.392 e. The van der Waals surface area contributed by atoms with E-state index in [9.17, 15) is 18.3 Å². The van der Waals surface area contributed by atoms with Crippen LogP contribution in [0, 0.1) is 6.92 Å². The van der Waals surface area contributed by atoms with Crippen LogP contribution in [-0.4, -0.2) is 56.1 Å². The van der Waals surface area contributed by atoms with Crippen molar-refractivity contribution in [3.8, 4) is 11.1 Å². The van der Waals surface area contributed by atoms with Crippen LogP contribution in [0.4, 0.5) is 0 Å². The maximum atomic E-state index is 13.7. The Bertz CT molecular complexity index is 2170. The Hall–Kier alpha value is -4.68. The van der Waals surface area contributed by atoms with Crippen molar-refractivity contribution in [2.45, 2.75) is 94.5 Å². The molecule has 58 heavy (non-hydrogen) atoms. The average molecular weight is 802 g/mol. The molecule has 7 rings (SSSR count). The lowest BCUT2D eigenvalue weighted by Gasteiger charge is -2.38. The molecule has 5 aromatic rings. The summed E-state index contributed by atoms with van der Waals surface area (Å²) < 4.78 is 42.7. The van der Waals surface area contributed by atoms with Gasteiger partial charge in [0, 0.05) is 25.1 Å². The molecule has 1 amide bonds. The van der Waals surface area contributed by atoms with Crippen LogP contribution >= 0.6 is 0 Å².